The second kappa shape index (κ2) is 7.44. The van der Waals surface area contributed by atoms with Gasteiger partial charge in [0.1, 0.15) is 6.04 Å². The summed E-state index contributed by atoms with van der Waals surface area (Å²) in [5, 5.41) is 5.40. The van der Waals surface area contributed by atoms with Crippen molar-refractivity contribution < 1.29 is 14.3 Å². The van der Waals surface area contributed by atoms with E-state index in [1.54, 1.807) is 12.1 Å². The zero-order valence-electron chi connectivity index (χ0n) is 8.27. The molecule has 1 atom stereocenters. The molecular formula is C10H12N2O3. The topological polar surface area (TPSA) is 93.2 Å². The first-order valence-electron chi connectivity index (χ1n) is 4.09. The van der Waals surface area contributed by atoms with Crippen molar-refractivity contribution in [2.45, 2.75) is 6.04 Å². The number of isocyanates is 1. The van der Waals surface area contributed by atoms with Gasteiger partial charge in [-0.25, -0.2) is 10.2 Å². The number of carbonyl (C=O) groups excluding carboxylic acids is 2. The summed E-state index contributed by atoms with van der Waals surface area (Å²) >= 11 is 0. The van der Waals surface area contributed by atoms with E-state index in [1.165, 1.54) is 7.11 Å². The minimum Gasteiger partial charge on any atom is -0.468 e. The summed E-state index contributed by atoms with van der Waals surface area (Å²) in [5.41, 5.74) is 6.34. The number of nitrogens with one attached hydrogen (secondary N) is 1. The molecule has 1 aromatic rings. The normalized spacial score (nSPS) is 10.3. The molecule has 0 aliphatic rings. The molecule has 0 aliphatic heterocycles. The number of nitrogens with two attached hydrogens (primary N) is 1. The first kappa shape index (κ1) is 13.0. The van der Waals surface area contributed by atoms with Crippen LogP contribution >= 0.6 is 0 Å². The summed E-state index contributed by atoms with van der Waals surface area (Å²) in [6, 6.07) is 8.45. The standard InChI is InChI=1S/C9H11NO2.CHNO/c1-12-9(11)8(10)7-5-3-2-4-6-7;2-1-3/h2-6,8H,10H2,1H3;2H. The molecule has 0 saturated carbocycles. The van der Waals surface area contributed by atoms with Crippen molar-refractivity contribution in [1.82, 2.24) is 0 Å². The van der Waals surface area contributed by atoms with Crippen molar-refractivity contribution in [3.05, 3.63) is 35.9 Å². The number of benzene rings is 1. The van der Waals surface area contributed by atoms with Gasteiger partial charge < -0.3 is 10.5 Å². The zero-order valence-corrected chi connectivity index (χ0v) is 8.27. The molecule has 0 bridgehead atoms. The van der Waals surface area contributed by atoms with Gasteiger partial charge >= 0.3 is 5.97 Å². The van der Waals surface area contributed by atoms with Crippen molar-refractivity contribution in [1.29, 1.82) is 5.41 Å². The van der Waals surface area contributed by atoms with Crippen LogP contribution in [0.5, 0.6) is 0 Å². The van der Waals surface area contributed by atoms with Gasteiger partial charge in [-0.05, 0) is 5.56 Å². The van der Waals surface area contributed by atoms with E-state index in [4.69, 9.17) is 15.9 Å². The van der Waals surface area contributed by atoms with Crippen molar-refractivity contribution in [2.24, 2.45) is 5.73 Å². The van der Waals surface area contributed by atoms with E-state index in [1.807, 2.05) is 18.2 Å². The highest BCUT2D eigenvalue weighted by Crippen LogP contribution is 2.09. The van der Waals surface area contributed by atoms with Crippen LogP contribution in [0.3, 0.4) is 0 Å². The van der Waals surface area contributed by atoms with Crippen LogP contribution in [0.25, 0.3) is 0 Å². The summed E-state index contributed by atoms with van der Waals surface area (Å²) in [5.74, 6) is -0.416. The van der Waals surface area contributed by atoms with Gasteiger partial charge in [0.15, 0.2) is 0 Å². The van der Waals surface area contributed by atoms with Gasteiger partial charge in [-0.1, -0.05) is 30.3 Å². The number of carbonyl (C=O) groups is 1. The Bertz CT molecular complexity index is 332. The molecule has 0 aliphatic carbocycles. The van der Waals surface area contributed by atoms with E-state index >= 15 is 0 Å². The Hall–Kier alpha value is -1.97. The van der Waals surface area contributed by atoms with Crippen LogP contribution < -0.4 is 5.73 Å². The highest BCUT2D eigenvalue weighted by atomic mass is 16.5. The molecule has 1 rings (SSSR count). The second-order valence-corrected chi connectivity index (χ2v) is 2.51. The predicted molar refractivity (Wildman–Crippen MR) is 53.8 cm³/mol. The molecule has 0 fully saturated rings. The van der Waals surface area contributed by atoms with Crippen LogP contribution in [0, 0.1) is 5.41 Å². The molecule has 1 aromatic carbocycles. The lowest BCUT2D eigenvalue weighted by Crippen LogP contribution is -2.22. The maximum absolute atomic E-state index is 11.0. The summed E-state index contributed by atoms with van der Waals surface area (Å²) < 4.78 is 4.50. The summed E-state index contributed by atoms with van der Waals surface area (Å²) in [7, 11) is 1.32. The fourth-order valence-corrected chi connectivity index (χ4v) is 0.923. The number of ether oxygens (including phenoxy) is 1. The Morgan fingerprint density at radius 2 is 1.93 bits per heavy atom. The average molecular weight is 208 g/mol. The summed E-state index contributed by atoms with van der Waals surface area (Å²) in [6.07, 6.45) is 0.750. The van der Waals surface area contributed by atoms with Crippen LogP contribution in [0.2, 0.25) is 0 Å². The first-order valence-corrected chi connectivity index (χ1v) is 4.09. The van der Waals surface area contributed by atoms with E-state index in [9.17, 15) is 4.79 Å². The van der Waals surface area contributed by atoms with Crippen LogP contribution in [0.1, 0.15) is 11.6 Å². The van der Waals surface area contributed by atoms with Gasteiger partial charge in [0.25, 0.3) is 0 Å². The molecule has 0 saturated heterocycles. The fourth-order valence-electron chi connectivity index (χ4n) is 0.923. The van der Waals surface area contributed by atoms with Crippen molar-refractivity contribution >= 4 is 12.0 Å². The highest BCUT2D eigenvalue weighted by molar-refractivity contribution is 5.77. The number of esters is 1. The lowest BCUT2D eigenvalue weighted by molar-refractivity contribution is -0.142. The second-order valence-electron chi connectivity index (χ2n) is 2.51. The van der Waals surface area contributed by atoms with Crippen molar-refractivity contribution in [2.75, 3.05) is 7.11 Å². The van der Waals surface area contributed by atoms with Crippen LogP contribution in [0.15, 0.2) is 30.3 Å². The van der Waals surface area contributed by atoms with Crippen LogP contribution in [-0.2, 0) is 14.3 Å². The molecule has 0 aromatic heterocycles. The van der Waals surface area contributed by atoms with Gasteiger partial charge in [0.2, 0.25) is 6.08 Å². The Morgan fingerprint density at radius 3 is 2.33 bits per heavy atom. The quantitative estimate of drug-likeness (QED) is 0.426. The molecule has 15 heavy (non-hydrogen) atoms. The highest BCUT2D eigenvalue weighted by Gasteiger charge is 2.14. The largest absolute Gasteiger partial charge is 0.468 e. The number of methoxy groups -OCH3 is 1. The fraction of sp³-hybridized carbons (Fsp3) is 0.200. The lowest BCUT2D eigenvalue weighted by Gasteiger charge is -2.08. The number of hydrogen-bond donors (Lipinski definition) is 2. The Kier molecular flexibility index (Phi) is 6.46. The molecule has 0 heterocycles. The Morgan fingerprint density at radius 1 is 1.47 bits per heavy atom. The van der Waals surface area contributed by atoms with E-state index in [2.05, 4.69) is 4.74 Å². The molecule has 5 heteroatoms. The number of hydrogen-bond acceptors (Lipinski definition) is 5. The Labute approximate surface area is 87.4 Å². The maximum Gasteiger partial charge on any atom is 0.327 e. The Balaban J connectivity index is 0.000000583. The molecule has 3 N–H and O–H groups in total. The van der Waals surface area contributed by atoms with E-state index < -0.39 is 12.0 Å². The van der Waals surface area contributed by atoms with Gasteiger partial charge in [-0.15, -0.1) is 0 Å². The predicted octanol–water partition coefficient (Wildman–Crippen LogP) is 0.760. The third kappa shape index (κ3) is 4.71. The van der Waals surface area contributed by atoms with E-state index in [-0.39, 0.29) is 0 Å². The third-order valence-corrected chi connectivity index (χ3v) is 1.61. The summed E-state index contributed by atoms with van der Waals surface area (Å²) in [4.78, 5) is 19.3. The molecule has 80 valence electrons. The van der Waals surface area contributed by atoms with Gasteiger partial charge in [-0.3, -0.25) is 4.79 Å². The molecule has 0 amide bonds. The minimum atomic E-state index is -0.670. The van der Waals surface area contributed by atoms with Crippen molar-refractivity contribution in [3.8, 4) is 0 Å². The van der Waals surface area contributed by atoms with Gasteiger partial charge in [0, 0.05) is 0 Å². The molecule has 0 spiro atoms. The van der Waals surface area contributed by atoms with E-state index in [0.717, 1.165) is 11.6 Å². The van der Waals surface area contributed by atoms with Crippen molar-refractivity contribution in [3.63, 3.8) is 0 Å². The molecular weight excluding hydrogens is 196 g/mol. The van der Waals surface area contributed by atoms with Crippen LogP contribution in [0.4, 0.5) is 0 Å². The monoisotopic (exact) mass is 208 g/mol. The smallest absolute Gasteiger partial charge is 0.327 e. The van der Waals surface area contributed by atoms with Gasteiger partial charge in [-0.2, -0.15) is 0 Å². The average Bonchev–Trinajstić information content (AvgIpc) is 2.29. The minimum absolute atomic E-state index is 0.416. The third-order valence-electron chi connectivity index (χ3n) is 1.61. The van der Waals surface area contributed by atoms with E-state index in [0.29, 0.717) is 0 Å². The van der Waals surface area contributed by atoms with Gasteiger partial charge in [0.05, 0.1) is 7.11 Å². The molecule has 1 unspecified atom stereocenters. The first-order chi connectivity index (χ1) is 7.17. The maximum atomic E-state index is 11.0. The lowest BCUT2D eigenvalue weighted by atomic mass is 10.1. The summed E-state index contributed by atoms with van der Waals surface area (Å²) in [6.45, 7) is 0. The van der Waals surface area contributed by atoms with Crippen LogP contribution in [-0.4, -0.2) is 19.2 Å². The zero-order chi connectivity index (χ0) is 11.7. The SMILES string of the molecule is COC(=O)C(N)c1ccccc1.N=C=O. The molecule has 0 radical (unpaired) electrons. The molecule has 5 nitrogen and oxygen atoms in total. The number of rotatable bonds is 2.